The second kappa shape index (κ2) is 9.86. The smallest absolute Gasteiger partial charge is 0.251 e. The molecule has 0 aliphatic rings. The summed E-state index contributed by atoms with van der Waals surface area (Å²) in [6.07, 6.45) is 0. The van der Waals surface area contributed by atoms with Crippen LogP contribution in [0.4, 0.5) is 0 Å². The highest BCUT2D eigenvalue weighted by Gasteiger charge is 2.10. The molecular formula is C19H20Cl2N2O2S. The van der Waals surface area contributed by atoms with E-state index in [2.05, 4.69) is 10.6 Å². The minimum absolute atomic E-state index is 0.0399. The predicted molar refractivity (Wildman–Crippen MR) is 108 cm³/mol. The molecule has 4 nitrogen and oxygen atoms in total. The molecule has 2 rings (SSSR count). The van der Waals surface area contributed by atoms with Gasteiger partial charge in [0.15, 0.2) is 0 Å². The van der Waals surface area contributed by atoms with E-state index in [0.717, 1.165) is 10.5 Å². The van der Waals surface area contributed by atoms with Crippen LogP contribution in [0.25, 0.3) is 0 Å². The lowest BCUT2D eigenvalue weighted by atomic mass is 10.1. The summed E-state index contributed by atoms with van der Waals surface area (Å²) in [7, 11) is 0. The molecule has 0 aliphatic heterocycles. The Morgan fingerprint density at radius 3 is 2.62 bits per heavy atom. The summed E-state index contributed by atoms with van der Waals surface area (Å²) in [4.78, 5) is 24.7. The van der Waals surface area contributed by atoms with Gasteiger partial charge in [0.2, 0.25) is 5.91 Å². The summed E-state index contributed by atoms with van der Waals surface area (Å²) >= 11 is 13.7. The molecule has 7 heteroatoms. The van der Waals surface area contributed by atoms with Crippen LogP contribution in [-0.4, -0.2) is 24.4 Å². The summed E-state index contributed by atoms with van der Waals surface area (Å²) in [6, 6.07) is 12.6. The minimum atomic E-state index is -0.281. The first-order chi connectivity index (χ1) is 12.3. The first-order valence-electron chi connectivity index (χ1n) is 8.09. The van der Waals surface area contributed by atoms with Crippen molar-refractivity contribution in [3.05, 3.63) is 63.6 Å². The number of hydrogen-bond acceptors (Lipinski definition) is 3. The van der Waals surface area contributed by atoms with Crippen LogP contribution in [0.3, 0.4) is 0 Å². The lowest BCUT2D eigenvalue weighted by molar-refractivity contribution is -0.120. The van der Waals surface area contributed by atoms with Gasteiger partial charge < -0.3 is 10.6 Å². The fraction of sp³-hybridized carbons (Fsp3) is 0.263. The van der Waals surface area contributed by atoms with Crippen molar-refractivity contribution >= 4 is 46.8 Å². The van der Waals surface area contributed by atoms with Gasteiger partial charge in [-0.3, -0.25) is 9.59 Å². The Bertz CT molecular complexity index is 797. The lowest BCUT2D eigenvalue weighted by Gasteiger charge is -2.10. The summed E-state index contributed by atoms with van der Waals surface area (Å²) in [5.41, 5.74) is 1.49. The molecule has 2 N–H and O–H groups in total. The molecule has 2 aromatic carbocycles. The van der Waals surface area contributed by atoms with E-state index in [-0.39, 0.29) is 24.4 Å². The van der Waals surface area contributed by atoms with Crippen molar-refractivity contribution in [2.45, 2.75) is 30.5 Å². The van der Waals surface area contributed by atoms with Gasteiger partial charge >= 0.3 is 0 Å². The second-order valence-corrected chi connectivity index (χ2v) is 7.83. The average molecular weight is 411 g/mol. The van der Waals surface area contributed by atoms with Crippen molar-refractivity contribution < 1.29 is 9.59 Å². The Labute approximate surface area is 167 Å². The fourth-order valence-corrected chi connectivity index (χ4v) is 3.62. The number of carbonyl (C=O) groups excluding carboxylic acids is 2. The third-order valence-electron chi connectivity index (χ3n) is 3.34. The van der Waals surface area contributed by atoms with Crippen molar-refractivity contribution in [3.8, 4) is 0 Å². The van der Waals surface area contributed by atoms with E-state index >= 15 is 0 Å². The number of carbonyl (C=O) groups is 2. The lowest BCUT2D eigenvalue weighted by Crippen LogP contribution is -2.39. The molecule has 0 unspecified atom stereocenters. The first kappa shape index (κ1) is 20.6. The molecule has 2 aromatic rings. The Kier molecular flexibility index (Phi) is 7.82. The van der Waals surface area contributed by atoms with Crippen LogP contribution in [-0.2, 0) is 10.5 Å². The normalized spacial score (nSPS) is 10.7. The van der Waals surface area contributed by atoms with Crippen LogP contribution in [0.15, 0.2) is 47.4 Å². The number of nitrogens with one attached hydrogen (secondary N) is 2. The molecule has 0 heterocycles. The highest BCUT2D eigenvalue weighted by molar-refractivity contribution is 7.98. The van der Waals surface area contributed by atoms with E-state index in [1.807, 2.05) is 32.0 Å². The van der Waals surface area contributed by atoms with Crippen molar-refractivity contribution in [1.82, 2.24) is 10.6 Å². The molecule has 0 saturated carbocycles. The molecule has 26 heavy (non-hydrogen) atoms. The van der Waals surface area contributed by atoms with E-state index in [0.29, 0.717) is 21.4 Å². The van der Waals surface area contributed by atoms with Crippen LogP contribution in [0, 0.1) is 0 Å². The van der Waals surface area contributed by atoms with E-state index < -0.39 is 0 Å². The second-order valence-electron chi connectivity index (χ2n) is 5.97. The molecule has 0 spiro atoms. The molecule has 0 radical (unpaired) electrons. The number of hydrogen-bond donors (Lipinski definition) is 2. The third-order valence-corrected chi connectivity index (χ3v) is 5.14. The summed E-state index contributed by atoms with van der Waals surface area (Å²) in [5, 5.41) is 6.63. The number of halogens is 2. The van der Waals surface area contributed by atoms with Crippen molar-refractivity contribution in [3.63, 3.8) is 0 Å². The molecule has 0 atom stereocenters. The average Bonchev–Trinajstić information content (AvgIpc) is 2.60. The van der Waals surface area contributed by atoms with Crippen molar-refractivity contribution in [1.29, 1.82) is 0 Å². The monoisotopic (exact) mass is 410 g/mol. The van der Waals surface area contributed by atoms with Crippen LogP contribution >= 0.6 is 35.0 Å². The molecule has 0 aromatic heterocycles. The summed E-state index contributed by atoms with van der Waals surface area (Å²) in [5.74, 6) is 0.155. The topological polar surface area (TPSA) is 58.2 Å². The van der Waals surface area contributed by atoms with Crippen molar-refractivity contribution in [2.24, 2.45) is 0 Å². The molecular weight excluding hydrogens is 391 g/mol. The number of rotatable bonds is 7. The predicted octanol–water partition coefficient (Wildman–Crippen LogP) is 4.54. The quantitative estimate of drug-likeness (QED) is 0.658. The highest BCUT2D eigenvalue weighted by Crippen LogP contribution is 2.32. The van der Waals surface area contributed by atoms with E-state index in [1.165, 1.54) is 0 Å². The Hall–Kier alpha value is -1.69. The molecule has 138 valence electrons. The van der Waals surface area contributed by atoms with Gasteiger partial charge in [0.05, 0.1) is 11.6 Å². The van der Waals surface area contributed by atoms with Gasteiger partial charge in [0.1, 0.15) is 0 Å². The van der Waals surface area contributed by atoms with Crippen molar-refractivity contribution in [2.75, 3.05) is 6.54 Å². The van der Waals surface area contributed by atoms with Crippen LogP contribution in [0.1, 0.15) is 29.8 Å². The largest absolute Gasteiger partial charge is 0.352 e. The zero-order valence-electron chi connectivity index (χ0n) is 14.5. The van der Waals surface area contributed by atoms with Crippen LogP contribution < -0.4 is 10.6 Å². The van der Waals surface area contributed by atoms with Gasteiger partial charge in [-0.25, -0.2) is 0 Å². The maximum atomic E-state index is 12.2. The maximum Gasteiger partial charge on any atom is 0.251 e. The van der Waals surface area contributed by atoms with E-state index in [1.54, 1.807) is 36.0 Å². The fourth-order valence-electron chi connectivity index (χ4n) is 2.19. The minimum Gasteiger partial charge on any atom is -0.352 e. The SMILES string of the molecule is CC(C)NC(=O)CNC(=O)c1cccc(CSc2cc(Cl)ccc2Cl)c1. The third kappa shape index (κ3) is 6.56. The summed E-state index contributed by atoms with van der Waals surface area (Å²) in [6.45, 7) is 3.69. The molecule has 0 fully saturated rings. The number of benzene rings is 2. The Morgan fingerprint density at radius 2 is 1.88 bits per heavy atom. The van der Waals surface area contributed by atoms with Gasteiger partial charge in [-0.05, 0) is 49.7 Å². The van der Waals surface area contributed by atoms with Crippen LogP contribution in [0.2, 0.25) is 10.0 Å². The molecule has 0 aliphatic carbocycles. The highest BCUT2D eigenvalue weighted by atomic mass is 35.5. The molecule has 0 saturated heterocycles. The standard InChI is InChI=1S/C19H20Cl2N2O2S/c1-12(2)23-18(24)10-22-19(25)14-5-3-4-13(8-14)11-26-17-9-15(20)6-7-16(17)21/h3-9,12H,10-11H2,1-2H3,(H,22,25)(H,23,24). The molecule has 2 amide bonds. The van der Waals surface area contributed by atoms with Gasteiger partial charge in [-0.2, -0.15) is 0 Å². The number of amides is 2. The Balaban J connectivity index is 1.95. The zero-order valence-corrected chi connectivity index (χ0v) is 16.8. The van der Waals surface area contributed by atoms with Crippen LogP contribution in [0.5, 0.6) is 0 Å². The molecule has 0 bridgehead atoms. The Morgan fingerprint density at radius 1 is 1.12 bits per heavy atom. The van der Waals surface area contributed by atoms with E-state index in [4.69, 9.17) is 23.2 Å². The van der Waals surface area contributed by atoms with Gasteiger partial charge in [0, 0.05) is 27.3 Å². The number of thioether (sulfide) groups is 1. The van der Waals surface area contributed by atoms with Gasteiger partial charge in [-0.1, -0.05) is 35.3 Å². The van der Waals surface area contributed by atoms with Gasteiger partial charge in [0.25, 0.3) is 5.91 Å². The summed E-state index contributed by atoms with van der Waals surface area (Å²) < 4.78 is 0. The zero-order chi connectivity index (χ0) is 19.1. The maximum absolute atomic E-state index is 12.2. The van der Waals surface area contributed by atoms with E-state index in [9.17, 15) is 9.59 Å². The van der Waals surface area contributed by atoms with Gasteiger partial charge in [-0.15, -0.1) is 11.8 Å². The first-order valence-corrected chi connectivity index (χ1v) is 9.83.